The van der Waals surface area contributed by atoms with Crippen molar-refractivity contribution in [2.24, 2.45) is 0 Å². The first-order chi connectivity index (χ1) is 10.7. The van der Waals surface area contributed by atoms with Gasteiger partial charge in [0.2, 0.25) is 5.91 Å². The van der Waals surface area contributed by atoms with Crippen molar-refractivity contribution in [1.29, 1.82) is 0 Å². The van der Waals surface area contributed by atoms with Crippen molar-refractivity contribution < 1.29 is 4.79 Å². The summed E-state index contributed by atoms with van der Waals surface area (Å²) >= 11 is 7.73. The fourth-order valence-electron chi connectivity index (χ4n) is 2.51. The third-order valence-corrected chi connectivity index (χ3v) is 4.94. The maximum absolute atomic E-state index is 12.4. The van der Waals surface area contributed by atoms with Crippen LogP contribution in [0.4, 0.5) is 0 Å². The molecular weight excluding hydrogens is 318 g/mol. The van der Waals surface area contributed by atoms with E-state index in [1.165, 1.54) is 11.3 Å². The molecule has 0 unspecified atom stereocenters. The highest BCUT2D eigenvalue weighted by molar-refractivity contribution is 7.13. The zero-order chi connectivity index (χ0) is 15.4. The Morgan fingerprint density at radius 2 is 2.18 bits per heavy atom. The number of nitrogens with zero attached hydrogens (tertiary/aromatic N) is 2. The zero-order valence-electron chi connectivity index (χ0n) is 12.2. The predicted molar refractivity (Wildman–Crippen MR) is 90.3 cm³/mol. The van der Waals surface area contributed by atoms with Crippen LogP contribution in [0.15, 0.2) is 29.6 Å². The van der Waals surface area contributed by atoms with E-state index in [0.717, 1.165) is 48.9 Å². The molecule has 0 aliphatic carbocycles. The topological polar surface area (TPSA) is 45.2 Å². The van der Waals surface area contributed by atoms with Gasteiger partial charge >= 0.3 is 0 Å². The number of halogens is 1. The van der Waals surface area contributed by atoms with Crippen LogP contribution in [0.1, 0.15) is 12.1 Å². The monoisotopic (exact) mass is 335 g/mol. The number of nitrogens with one attached hydrogen (secondary N) is 1. The van der Waals surface area contributed by atoms with Crippen LogP contribution in [0.3, 0.4) is 0 Å². The van der Waals surface area contributed by atoms with Gasteiger partial charge in [-0.3, -0.25) is 4.79 Å². The second-order valence-corrected chi connectivity index (χ2v) is 6.55. The van der Waals surface area contributed by atoms with Crippen LogP contribution in [-0.2, 0) is 11.2 Å². The Labute approximate surface area is 139 Å². The molecule has 2 aromatic rings. The molecule has 4 nitrogen and oxygen atoms in total. The average molecular weight is 336 g/mol. The van der Waals surface area contributed by atoms with Crippen LogP contribution in [0.5, 0.6) is 0 Å². The van der Waals surface area contributed by atoms with E-state index in [2.05, 4.69) is 10.3 Å². The van der Waals surface area contributed by atoms with E-state index in [4.69, 9.17) is 11.6 Å². The number of hydrogen-bond acceptors (Lipinski definition) is 4. The zero-order valence-corrected chi connectivity index (χ0v) is 13.8. The normalized spacial score (nSPS) is 15.6. The summed E-state index contributed by atoms with van der Waals surface area (Å²) in [6.07, 6.45) is 1.37. The molecule has 22 heavy (non-hydrogen) atoms. The van der Waals surface area contributed by atoms with Crippen molar-refractivity contribution in [2.45, 2.75) is 12.8 Å². The van der Waals surface area contributed by atoms with E-state index >= 15 is 0 Å². The van der Waals surface area contributed by atoms with Gasteiger partial charge in [-0.25, -0.2) is 4.98 Å². The van der Waals surface area contributed by atoms with Crippen molar-refractivity contribution in [1.82, 2.24) is 15.2 Å². The Balaban J connectivity index is 1.69. The van der Waals surface area contributed by atoms with Crippen LogP contribution >= 0.6 is 22.9 Å². The second-order valence-electron chi connectivity index (χ2n) is 5.28. The first-order valence-corrected chi connectivity index (χ1v) is 8.67. The predicted octanol–water partition coefficient (Wildman–Crippen LogP) is 2.83. The van der Waals surface area contributed by atoms with Gasteiger partial charge in [-0.05, 0) is 19.0 Å². The lowest BCUT2D eigenvalue weighted by Gasteiger charge is -2.19. The van der Waals surface area contributed by atoms with Gasteiger partial charge in [0, 0.05) is 30.6 Å². The Kier molecular flexibility index (Phi) is 5.08. The maximum Gasteiger partial charge on any atom is 0.228 e. The molecule has 2 heterocycles. The molecule has 0 atom stereocenters. The molecule has 6 heteroatoms. The number of carbonyl (C=O) groups excluding carboxylic acids is 1. The number of aromatic nitrogens is 1. The Morgan fingerprint density at radius 1 is 1.32 bits per heavy atom. The van der Waals surface area contributed by atoms with E-state index in [1.807, 2.05) is 34.5 Å². The van der Waals surface area contributed by atoms with Crippen molar-refractivity contribution in [3.8, 4) is 10.6 Å². The molecule has 0 radical (unpaired) electrons. The molecule has 0 spiro atoms. The summed E-state index contributed by atoms with van der Waals surface area (Å²) in [6, 6.07) is 7.65. The number of thiazole rings is 1. The number of carbonyl (C=O) groups is 1. The number of rotatable bonds is 3. The van der Waals surface area contributed by atoms with Crippen LogP contribution in [0.2, 0.25) is 5.02 Å². The third-order valence-electron chi connectivity index (χ3n) is 3.68. The summed E-state index contributed by atoms with van der Waals surface area (Å²) in [7, 11) is 0. The van der Waals surface area contributed by atoms with E-state index in [0.29, 0.717) is 11.4 Å². The molecule has 1 saturated heterocycles. The van der Waals surface area contributed by atoms with Gasteiger partial charge in [0.1, 0.15) is 5.01 Å². The van der Waals surface area contributed by atoms with Gasteiger partial charge < -0.3 is 10.2 Å². The standard InChI is InChI=1S/C16H18ClN3OS/c17-14-5-2-1-4-13(14)16-19-12(11-22-16)10-15(21)20-8-3-6-18-7-9-20/h1-2,4-5,11,18H,3,6-10H2. The van der Waals surface area contributed by atoms with Crippen LogP contribution in [-0.4, -0.2) is 42.0 Å². The first kappa shape index (κ1) is 15.5. The van der Waals surface area contributed by atoms with Crippen LogP contribution in [0, 0.1) is 0 Å². The van der Waals surface area contributed by atoms with E-state index in [9.17, 15) is 4.79 Å². The molecule has 116 valence electrons. The molecule has 3 rings (SSSR count). The Hall–Kier alpha value is -1.43. The number of benzene rings is 1. The molecule has 1 aromatic heterocycles. The largest absolute Gasteiger partial charge is 0.341 e. The van der Waals surface area contributed by atoms with E-state index in [1.54, 1.807) is 0 Å². The lowest BCUT2D eigenvalue weighted by molar-refractivity contribution is -0.130. The van der Waals surface area contributed by atoms with Crippen LogP contribution in [0.25, 0.3) is 10.6 Å². The Bertz CT molecular complexity index is 650. The van der Waals surface area contributed by atoms with Gasteiger partial charge in [-0.1, -0.05) is 29.8 Å². The maximum atomic E-state index is 12.4. The molecule has 1 amide bonds. The molecule has 1 aliphatic rings. The Morgan fingerprint density at radius 3 is 3.05 bits per heavy atom. The SMILES string of the molecule is O=C(Cc1csc(-c2ccccc2Cl)n1)N1CCCNCC1. The van der Waals surface area contributed by atoms with Crippen molar-refractivity contribution >= 4 is 28.8 Å². The molecule has 0 bridgehead atoms. The van der Waals surface area contributed by atoms with Gasteiger partial charge in [0.05, 0.1) is 17.1 Å². The third kappa shape index (κ3) is 3.66. The molecule has 1 aromatic carbocycles. The van der Waals surface area contributed by atoms with Gasteiger partial charge in [-0.2, -0.15) is 0 Å². The summed E-state index contributed by atoms with van der Waals surface area (Å²) in [5.41, 5.74) is 1.74. The van der Waals surface area contributed by atoms with E-state index in [-0.39, 0.29) is 5.91 Å². The fourth-order valence-corrected chi connectivity index (χ4v) is 3.65. The van der Waals surface area contributed by atoms with Gasteiger partial charge in [0.25, 0.3) is 0 Å². The van der Waals surface area contributed by atoms with Crippen molar-refractivity contribution in [2.75, 3.05) is 26.2 Å². The molecule has 0 saturated carbocycles. The minimum atomic E-state index is 0.153. The highest BCUT2D eigenvalue weighted by Crippen LogP contribution is 2.30. The molecular formula is C16H18ClN3OS. The minimum Gasteiger partial charge on any atom is -0.341 e. The average Bonchev–Trinajstić information content (AvgIpc) is 2.81. The van der Waals surface area contributed by atoms with Crippen molar-refractivity contribution in [3.05, 3.63) is 40.4 Å². The fraction of sp³-hybridized carbons (Fsp3) is 0.375. The summed E-state index contributed by atoms with van der Waals surface area (Å²) < 4.78 is 0. The van der Waals surface area contributed by atoms with E-state index < -0.39 is 0 Å². The highest BCUT2D eigenvalue weighted by atomic mass is 35.5. The molecule has 1 aliphatic heterocycles. The lowest BCUT2D eigenvalue weighted by atomic mass is 10.2. The van der Waals surface area contributed by atoms with Gasteiger partial charge in [-0.15, -0.1) is 11.3 Å². The minimum absolute atomic E-state index is 0.153. The summed E-state index contributed by atoms with van der Waals surface area (Å²) in [6.45, 7) is 3.46. The number of hydrogen-bond donors (Lipinski definition) is 1. The summed E-state index contributed by atoms with van der Waals surface area (Å²) in [4.78, 5) is 18.9. The first-order valence-electron chi connectivity index (χ1n) is 7.42. The summed E-state index contributed by atoms with van der Waals surface area (Å²) in [5, 5.41) is 6.81. The highest BCUT2D eigenvalue weighted by Gasteiger charge is 2.17. The molecule has 1 fully saturated rings. The quantitative estimate of drug-likeness (QED) is 0.938. The van der Waals surface area contributed by atoms with Crippen molar-refractivity contribution in [3.63, 3.8) is 0 Å². The lowest BCUT2D eigenvalue weighted by Crippen LogP contribution is -2.35. The van der Waals surface area contributed by atoms with Gasteiger partial charge in [0.15, 0.2) is 0 Å². The second kappa shape index (κ2) is 7.22. The smallest absolute Gasteiger partial charge is 0.228 e. The summed E-state index contributed by atoms with van der Waals surface area (Å²) in [5.74, 6) is 0.153. The molecule has 1 N–H and O–H groups in total. The number of amides is 1. The van der Waals surface area contributed by atoms with Crippen LogP contribution < -0.4 is 5.32 Å².